The fourth-order valence-electron chi connectivity index (χ4n) is 5.43. The third-order valence-corrected chi connectivity index (χ3v) is 6.29. The number of hydrogen-bond acceptors (Lipinski definition) is 2. The molecule has 0 aromatic carbocycles. The van der Waals surface area contributed by atoms with Crippen molar-refractivity contribution < 1.29 is 9.90 Å². The zero-order valence-corrected chi connectivity index (χ0v) is 10.9. The lowest BCUT2D eigenvalue weighted by Gasteiger charge is -2.57. The Morgan fingerprint density at radius 3 is 1.94 bits per heavy atom. The highest BCUT2D eigenvalue weighted by Gasteiger charge is 2.53. The molecule has 5 aliphatic carbocycles. The second-order valence-electron chi connectivity index (χ2n) is 7.34. The Hall–Kier alpha value is -0.570. The van der Waals surface area contributed by atoms with Gasteiger partial charge < -0.3 is 5.11 Å². The molecule has 2 N–H and O–H groups in total. The lowest BCUT2D eigenvalue weighted by atomic mass is 9.53. The van der Waals surface area contributed by atoms with Gasteiger partial charge in [0, 0.05) is 6.04 Å². The number of carboxylic acid groups (broad SMARTS) is 1. The predicted octanol–water partition coefficient (Wildman–Crippen LogP) is 2.41. The molecule has 0 radical (unpaired) electrons. The van der Waals surface area contributed by atoms with Crippen LogP contribution in [0.1, 0.15) is 51.4 Å². The van der Waals surface area contributed by atoms with Gasteiger partial charge in [0.1, 0.15) is 5.54 Å². The van der Waals surface area contributed by atoms with Crippen molar-refractivity contribution in [1.29, 1.82) is 0 Å². The van der Waals surface area contributed by atoms with Crippen molar-refractivity contribution in [2.45, 2.75) is 62.9 Å². The van der Waals surface area contributed by atoms with E-state index in [1.54, 1.807) is 0 Å². The average molecular weight is 249 g/mol. The van der Waals surface area contributed by atoms with Crippen LogP contribution in [0.2, 0.25) is 0 Å². The van der Waals surface area contributed by atoms with Crippen molar-refractivity contribution in [3.63, 3.8) is 0 Å². The minimum atomic E-state index is -0.609. The van der Waals surface area contributed by atoms with Gasteiger partial charge in [0.25, 0.3) is 0 Å². The van der Waals surface area contributed by atoms with Gasteiger partial charge in [0.05, 0.1) is 0 Å². The quantitative estimate of drug-likeness (QED) is 0.807. The van der Waals surface area contributed by atoms with Crippen LogP contribution in [0.4, 0.5) is 0 Å². The molecule has 0 amide bonds. The van der Waals surface area contributed by atoms with Gasteiger partial charge in [-0.2, -0.15) is 0 Å². The van der Waals surface area contributed by atoms with Crippen LogP contribution in [-0.4, -0.2) is 22.7 Å². The SMILES string of the molecule is O=C(O)C1(NC2C3CC4CC(C3)CC2C4)CCC1. The zero-order chi connectivity index (χ0) is 12.3. The second kappa shape index (κ2) is 3.72. The van der Waals surface area contributed by atoms with E-state index in [0.29, 0.717) is 6.04 Å². The molecular weight excluding hydrogens is 226 g/mol. The second-order valence-corrected chi connectivity index (χ2v) is 7.34. The van der Waals surface area contributed by atoms with Crippen molar-refractivity contribution in [2.24, 2.45) is 23.7 Å². The summed E-state index contributed by atoms with van der Waals surface area (Å²) in [4.78, 5) is 11.5. The van der Waals surface area contributed by atoms with Crippen molar-refractivity contribution in [2.75, 3.05) is 0 Å². The summed E-state index contributed by atoms with van der Waals surface area (Å²) < 4.78 is 0. The number of hydrogen-bond donors (Lipinski definition) is 2. The van der Waals surface area contributed by atoms with Crippen molar-refractivity contribution in [3.8, 4) is 0 Å². The first-order valence-corrected chi connectivity index (χ1v) is 7.67. The minimum Gasteiger partial charge on any atom is -0.480 e. The van der Waals surface area contributed by atoms with Crippen LogP contribution in [0.5, 0.6) is 0 Å². The monoisotopic (exact) mass is 249 g/mol. The first-order chi connectivity index (χ1) is 8.66. The number of carbonyl (C=O) groups is 1. The molecule has 0 aromatic rings. The molecule has 18 heavy (non-hydrogen) atoms. The maximum absolute atomic E-state index is 11.5. The highest BCUT2D eigenvalue weighted by molar-refractivity contribution is 5.80. The van der Waals surface area contributed by atoms with Gasteiger partial charge in [0.2, 0.25) is 0 Å². The normalized spacial score (nSPS) is 47.9. The van der Waals surface area contributed by atoms with E-state index < -0.39 is 11.5 Å². The summed E-state index contributed by atoms with van der Waals surface area (Å²) >= 11 is 0. The Morgan fingerprint density at radius 2 is 1.56 bits per heavy atom. The Bertz CT molecular complexity index is 347. The van der Waals surface area contributed by atoms with Gasteiger partial charge in [-0.05, 0) is 75.0 Å². The van der Waals surface area contributed by atoms with Crippen LogP contribution in [0.3, 0.4) is 0 Å². The van der Waals surface area contributed by atoms with Crippen molar-refractivity contribution in [3.05, 3.63) is 0 Å². The highest BCUT2D eigenvalue weighted by atomic mass is 16.4. The predicted molar refractivity (Wildman–Crippen MR) is 68.2 cm³/mol. The van der Waals surface area contributed by atoms with E-state index in [0.717, 1.165) is 42.9 Å². The molecule has 0 spiro atoms. The first-order valence-electron chi connectivity index (χ1n) is 7.67. The van der Waals surface area contributed by atoms with Gasteiger partial charge in [-0.1, -0.05) is 0 Å². The molecule has 0 aromatic heterocycles. The Kier molecular flexibility index (Phi) is 2.33. The molecule has 5 aliphatic rings. The van der Waals surface area contributed by atoms with Crippen LogP contribution >= 0.6 is 0 Å². The third-order valence-electron chi connectivity index (χ3n) is 6.29. The van der Waals surface area contributed by atoms with E-state index in [9.17, 15) is 9.90 Å². The zero-order valence-electron chi connectivity index (χ0n) is 10.9. The van der Waals surface area contributed by atoms with Gasteiger partial charge in [-0.15, -0.1) is 0 Å². The van der Waals surface area contributed by atoms with E-state index in [1.165, 1.54) is 32.1 Å². The van der Waals surface area contributed by atoms with Crippen LogP contribution < -0.4 is 5.32 Å². The van der Waals surface area contributed by atoms with Crippen LogP contribution in [-0.2, 0) is 4.79 Å². The summed E-state index contributed by atoms with van der Waals surface area (Å²) in [7, 11) is 0. The number of rotatable bonds is 3. The molecule has 100 valence electrons. The smallest absolute Gasteiger partial charge is 0.323 e. The van der Waals surface area contributed by atoms with Gasteiger partial charge >= 0.3 is 5.97 Å². The average Bonchev–Trinajstić information content (AvgIpc) is 2.24. The van der Waals surface area contributed by atoms with Crippen molar-refractivity contribution in [1.82, 2.24) is 5.32 Å². The standard InChI is InChI=1S/C15H23NO2/c17-14(18)15(2-1-3-15)16-13-11-5-9-4-10(7-11)8-12(13)6-9/h9-13,16H,1-8H2,(H,17,18). The van der Waals surface area contributed by atoms with Crippen LogP contribution in [0, 0.1) is 23.7 Å². The molecule has 0 atom stereocenters. The topological polar surface area (TPSA) is 49.3 Å². The molecule has 5 saturated carbocycles. The molecule has 0 heterocycles. The Morgan fingerprint density at radius 1 is 1.00 bits per heavy atom. The molecule has 0 unspecified atom stereocenters. The van der Waals surface area contributed by atoms with Gasteiger partial charge in [0.15, 0.2) is 0 Å². The van der Waals surface area contributed by atoms with Crippen LogP contribution in [0.25, 0.3) is 0 Å². The molecule has 3 heteroatoms. The van der Waals surface area contributed by atoms with Crippen molar-refractivity contribution >= 4 is 5.97 Å². The Balaban J connectivity index is 1.53. The van der Waals surface area contributed by atoms with E-state index in [1.807, 2.05) is 0 Å². The molecule has 3 nitrogen and oxygen atoms in total. The van der Waals surface area contributed by atoms with Crippen LogP contribution in [0.15, 0.2) is 0 Å². The Labute approximate surface area is 108 Å². The fraction of sp³-hybridized carbons (Fsp3) is 0.933. The molecule has 5 rings (SSSR count). The maximum atomic E-state index is 11.5. The summed E-state index contributed by atoms with van der Waals surface area (Å²) in [6.07, 6.45) is 9.66. The van der Waals surface area contributed by atoms with E-state index in [4.69, 9.17) is 0 Å². The lowest BCUT2D eigenvalue weighted by Crippen LogP contribution is -2.66. The number of nitrogens with one attached hydrogen (secondary N) is 1. The maximum Gasteiger partial charge on any atom is 0.323 e. The summed E-state index contributed by atoms with van der Waals surface area (Å²) in [5, 5.41) is 13.1. The minimum absolute atomic E-state index is 0.509. The molecule has 0 aliphatic heterocycles. The summed E-state index contributed by atoms with van der Waals surface area (Å²) in [5.41, 5.74) is -0.556. The molecular formula is C15H23NO2. The molecule has 0 saturated heterocycles. The van der Waals surface area contributed by atoms with Gasteiger partial charge in [-0.25, -0.2) is 0 Å². The number of carboxylic acids is 1. The van der Waals surface area contributed by atoms with E-state index >= 15 is 0 Å². The number of aliphatic carboxylic acids is 1. The highest BCUT2D eigenvalue weighted by Crippen LogP contribution is 2.54. The molecule has 4 bridgehead atoms. The first kappa shape index (κ1) is 11.3. The third kappa shape index (κ3) is 1.49. The molecule has 5 fully saturated rings. The largest absolute Gasteiger partial charge is 0.480 e. The van der Waals surface area contributed by atoms with E-state index in [2.05, 4.69) is 5.32 Å². The van der Waals surface area contributed by atoms with E-state index in [-0.39, 0.29) is 0 Å². The lowest BCUT2D eigenvalue weighted by molar-refractivity contribution is -0.151. The summed E-state index contributed by atoms with van der Waals surface area (Å²) in [5.74, 6) is 2.87. The summed E-state index contributed by atoms with van der Waals surface area (Å²) in [6.45, 7) is 0. The summed E-state index contributed by atoms with van der Waals surface area (Å²) in [6, 6.07) is 0.509. The van der Waals surface area contributed by atoms with Gasteiger partial charge in [-0.3, -0.25) is 10.1 Å². The fourth-order valence-corrected chi connectivity index (χ4v) is 5.43.